The summed E-state index contributed by atoms with van der Waals surface area (Å²) in [6.07, 6.45) is 0. The number of rotatable bonds is 3. The van der Waals surface area contributed by atoms with Crippen LogP contribution in [0.1, 0.15) is 10.4 Å². The summed E-state index contributed by atoms with van der Waals surface area (Å²) in [5.74, 6) is -2.21. The van der Waals surface area contributed by atoms with Gasteiger partial charge < -0.3 is 9.84 Å². The fourth-order valence-corrected chi connectivity index (χ4v) is 1.71. The second-order valence-corrected chi connectivity index (χ2v) is 4.02. The molecule has 0 atom stereocenters. The van der Waals surface area contributed by atoms with E-state index in [-0.39, 0.29) is 22.8 Å². The molecule has 0 bridgehead atoms. The highest BCUT2D eigenvalue weighted by atomic mass is 19.1. The number of carbonyl (C=O) groups is 1. The fourth-order valence-electron chi connectivity index (χ4n) is 1.71. The smallest absolute Gasteiger partial charge is 0.364 e. The summed E-state index contributed by atoms with van der Waals surface area (Å²) in [6, 6.07) is 5.84. The highest BCUT2D eigenvalue weighted by Crippen LogP contribution is 2.25. The third-order valence-electron chi connectivity index (χ3n) is 2.64. The highest BCUT2D eigenvalue weighted by molar-refractivity contribution is 5.90. The highest BCUT2D eigenvalue weighted by Gasteiger charge is 2.14. The van der Waals surface area contributed by atoms with E-state index in [4.69, 9.17) is 9.84 Å². The second-order valence-electron chi connectivity index (χ2n) is 4.02. The van der Waals surface area contributed by atoms with Crippen LogP contribution in [0.15, 0.2) is 35.1 Å². The minimum absolute atomic E-state index is 0.0703. The number of halogens is 1. The molecular weight excluding hydrogens is 283 g/mol. The van der Waals surface area contributed by atoms with E-state index in [2.05, 4.69) is 15.3 Å². The zero-order valence-corrected chi connectivity index (χ0v) is 10.3. The quantitative estimate of drug-likeness (QED) is 0.746. The van der Waals surface area contributed by atoms with Crippen molar-refractivity contribution in [3.8, 4) is 11.6 Å². The van der Waals surface area contributed by atoms with E-state index in [0.29, 0.717) is 0 Å². The number of aromatic amines is 1. The van der Waals surface area contributed by atoms with Crippen LogP contribution in [0, 0.1) is 5.82 Å². The molecule has 0 radical (unpaired) electrons. The van der Waals surface area contributed by atoms with Gasteiger partial charge in [-0.15, -0.1) is 5.10 Å². The molecule has 3 rings (SSSR count). The van der Waals surface area contributed by atoms with Crippen molar-refractivity contribution < 1.29 is 19.0 Å². The van der Waals surface area contributed by atoms with Crippen molar-refractivity contribution in [2.24, 2.45) is 0 Å². The first-order valence-electron chi connectivity index (χ1n) is 5.70. The van der Waals surface area contributed by atoms with E-state index < -0.39 is 17.5 Å². The summed E-state index contributed by atoms with van der Waals surface area (Å²) in [5.41, 5.74) is -0.531. The van der Waals surface area contributed by atoms with Gasteiger partial charge in [0.15, 0.2) is 5.65 Å². The third-order valence-corrected chi connectivity index (χ3v) is 2.64. The number of aromatic carboxylic acids is 1. The topological polar surface area (TPSA) is 110 Å². The Bertz CT molecular complexity index is 902. The van der Waals surface area contributed by atoms with E-state index in [1.807, 2.05) is 0 Å². The second kappa shape index (κ2) is 4.71. The van der Waals surface area contributed by atoms with Gasteiger partial charge in [0.25, 0.3) is 0 Å². The Labute approximate surface area is 115 Å². The van der Waals surface area contributed by atoms with Gasteiger partial charge >= 0.3 is 11.7 Å². The minimum atomic E-state index is -1.27. The molecule has 9 heteroatoms. The zero-order chi connectivity index (χ0) is 15.0. The molecular formula is C12H7FN4O4. The Morgan fingerprint density at radius 2 is 2.14 bits per heavy atom. The molecule has 1 aromatic carbocycles. The molecule has 0 saturated carbocycles. The Balaban J connectivity index is 2.05. The number of aromatic nitrogens is 4. The monoisotopic (exact) mass is 290 g/mol. The van der Waals surface area contributed by atoms with Gasteiger partial charge in [-0.1, -0.05) is 0 Å². The molecule has 0 unspecified atom stereocenters. The maximum absolute atomic E-state index is 13.2. The van der Waals surface area contributed by atoms with Crippen molar-refractivity contribution >= 4 is 11.6 Å². The molecule has 0 aliphatic heterocycles. The lowest BCUT2D eigenvalue weighted by atomic mass is 10.2. The number of nitrogens with one attached hydrogen (secondary N) is 1. The van der Waals surface area contributed by atoms with Crippen LogP contribution in [-0.2, 0) is 0 Å². The van der Waals surface area contributed by atoms with Gasteiger partial charge in [0.1, 0.15) is 17.1 Å². The van der Waals surface area contributed by atoms with Gasteiger partial charge in [0.05, 0.1) is 0 Å². The lowest BCUT2D eigenvalue weighted by Gasteiger charge is -2.07. The first-order valence-corrected chi connectivity index (χ1v) is 5.70. The predicted molar refractivity (Wildman–Crippen MR) is 67.0 cm³/mol. The average molecular weight is 290 g/mol. The van der Waals surface area contributed by atoms with Gasteiger partial charge in [-0.3, -0.25) is 0 Å². The first kappa shape index (κ1) is 12.8. The molecule has 0 saturated heterocycles. The molecule has 0 spiro atoms. The first-order chi connectivity index (χ1) is 10.0. The van der Waals surface area contributed by atoms with Gasteiger partial charge in [-0.05, 0) is 18.2 Å². The van der Waals surface area contributed by atoms with Crippen LogP contribution >= 0.6 is 0 Å². The van der Waals surface area contributed by atoms with Crippen LogP contribution in [0.5, 0.6) is 11.6 Å². The summed E-state index contributed by atoms with van der Waals surface area (Å²) in [6.45, 7) is 0. The molecule has 8 nitrogen and oxygen atoms in total. The van der Waals surface area contributed by atoms with Gasteiger partial charge in [0, 0.05) is 12.1 Å². The Kier molecular flexibility index (Phi) is 2.87. The summed E-state index contributed by atoms with van der Waals surface area (Å²) >= 11 is 0. The van der Waals surface area contributed by atoms with Gasteiger partial charge in [-0.25, -0.2) is 19.1 Å². The molecule has 106 valence electrons. The van der Waals surface area contributed by atoms with E-state index in [1.165, 1.54) is 12.1 Å². The van der Waals surface area contributed by atoms with E-state index in [1.54, 1.807) is 0 Å². The van der Waals surface area contributed by atoms with Crippen molar-refractivity contribution in [1.82, 2.24) is 19.8 Å². The van der Waals surface area contributed by atoms with Crippen molar-refractivity contribution in [3.63, 3.8) is 0 Å². The van der Waals surface area contributed by atoms with E-state index >= 15 is 0 Å². The maximum atomic E-state index is 13.2. The van der Waals surface area contributed by atoms with E-state index in [0.717, 1.165) is 22.7 Å². The number of fused-ring (bicyclic) bond motifs is 1. The third kappa shape index (κ3) is 2.31. The van der Waals surface area contributed by atoms with Gasteiger partial charge in [-0.2, -0.15) is 9.61 Å². The molecule has 2 heterocycles. The van der Waals surface area contributed by atoms with Crippen LogP contribution in [0.2, 0.25) is 0 Å². The fraction of sp³-hybridized carbons (Fsp3) is 0. The molecule has 0 aliphatic carbocycles. The predicted octanol–water partition coefficient (Wildman–Crippen LogP) is 1.05. The average Bonchev–Trinajstić information content (AvgIpc) is 2.80. The largest absolute Gasteiger partial charge is 0.478 e. The minimum Gasteiger partial charge on any atom is -0.478 e. The zero-order valence-electron chi connectivity index (χ0n) is 10.3. The standard InChI is InChI=1S/C12H7FN4O4/c13-6-1-2-7(11(18)19)8(5-6)21-10-4-3-9-14-15-12(20)17(9)16-10/h1-5H,(H,15,20)(H,18,19). The number of ether oxygens (including phenoxy) is 1. The Morgan fingerprint density at radius 1 is 1.33 bits per heavy atom. The van der Waals surface area contributed by atoms with Crippen molar-refractivity contribution in [2.45, 2.75) is 0 Å². The number of H-pyrrole nitrogens is 1. The molecule has 0 aliphatic rings. The van der Waals surface area contributed by atoms with Crippen LogP contribution in [0.25, 0.3) is 5.65 Å². The SMILES string of the molecule is O=C(O)c1ccc(F)cc1Oc1ccc2n[nH]c(=O)n2n1. The molecule has 2 N–H and O–H groups in total. The number of hydrogen-bond acceptors (Lipinski definition) is 5. The van der Waals surface area contributed by atoms with Crippen LogP contribution in [-0.4, -0.2) is 30.9 Å². The molecule has 0 fully saturated rings. The molecule has 21 heavy (non-hydrogen) atoms. The summed E-state index contributed by atoms with van der Waals surface area (Å²) in [7, 11) is 0. The van der Waals surface area contributed by atoms with Crippen molar-refractivity contribution in [1.29, 1.82) is 0 Å². The summed E-state index contributed by atoms with van der Waals surface area (Å²) in [4.78, 5) is 22.4. The Hall–Kier alpha value is -3.23. The number of hydrogen-bond donors (Lipinski definition) is 2. The lowest BCUT2D eigenvalue weighted by Crippen LogP contribution is -2.12. The number of benzene rings is 1. The summed E-state index contributed by atoms with van der Waals surface area (Å²) in [5, 5.41) is 18.7. The van der Waals surface area contributed by atoms with Crippen molar-refractivity contribution in [2.75, 3.05) is 0 Å². The summed E-state index contributed by atoms with van der Waals surface area (Å²) < 4.78 is 19.4. The number of carboxylic acid groups (broad SMARTS) is 1. The molecule has 0 amide bonds. The number of carboxylic acids is 1. The maximum Gasteiger partial charge on any atom is 0.364 e. The lowest BCUT2D eigenvalue weighted by molar-refractivity contribution is 0.0694. The van der Waals surface area contributed by atoms with Crippen molar-refractivity contribution in [3.05, 3.63) is 52.2 Å². The van der Waals surface area contributed by atoms with Crippen LogP contribution in [0.3, 0.4) is 0 Å². The van der Waals surface area contributed by atoms with Crippen LogP contribution < -0.4 is 10.4 Å². The molecule has 3 aromatic rings. The molecule has 2 aromatic heterocycles. The van der Waals surface area contributed by atoms with E-state index in [9.17, 15) is 14.0 Å². The van der Waals surface area contributed by atoms with Crippen LogP contribution in [0.4, 0.5) is 4.39 Å². The Morgan fingerprint density at radius 3 is 2.90 bits per heavy atom. The normalized spacial score (nSPS) is 10.7. The number of nitrogens with zero attached hydrogens (tertiary/aromatic N) is 3. The van der Waals surface area contributed by atoms with Gasteiger partial charge in [0.2, 0.25) is 5.88 Å².